The molecule has 1 unspecified atom stereocenters. The van der Waals surface area contributed by atoms with Crippen LogP contribution in [0, 0.1) is 0 Å². The third-order valence-electron chi connectivity index (χ3n) is 3.57. The third-order valence-corrected chi connectivity index (χ3v) is 3.57. The molecule has 2 aromatic carbocycles. The summed E-state index contributed by atoms with van der Waals surface area (Å²) in [6, 6.07) is 13.2. The number of rotatable bonds is 2. The first-order valence-electron chi connectivity index (χ1n) is 6.41. The van der Waals surface area contributed by atoms with E-state index in [4.69, 9.17) is 0 Å². The summed E-state index contributed by atoms with van der Waals surface area (Å²) in [4.78, 5) is 12.1. The third kappa shape index (κ3) is 1.56. The minimum atomic E-state index is -0.375. The lowest BCUT2D eigenvalue weighted by Gasteiger charge is -2.13. The van der Waals surface area contributed by atoms with Crippen LogP contribution in [0.5, 0.6) is 0 Å². The maximum atomic E-state index is 12.1. The summed E-state index contributed by atoms with van der Waals surface area (Å²) < 4.78 is 0. The fourth-order valence-corrected chi connectivity index (χ4v) is 2.60. The van der Waals surface area contributed by atoms with Crippen LogP contribution in [-0.4, -0.2) is 16.1 Å². The molecule has 4 rings (SSSR count). The lowest BCUT2D eigenvalue weighted by atomic mass is 10.1. The maximum absolute atomic E-state index is 12.1. The number of anilines is 2. The van der Waals surface area contributed by atoms with Gasteiger partial charge in [-0.3, -0.25) is 9.89 Å². The van der Waals surface area contributed by atoms with Crippen molar-refractivity contribution in [3.8, 4) is 0 Å². The molecule has 0 spiro atoms. The molecule has 1 aliphatic heterocycles. The van der Waals surface area contributed by atoms with Gasteiger partial charge >= 0.3 is 0 Å². The highest BCUT2D eigenvalue weighted by atomic mass is 16.2. The molecule has 20 heavy (non-hydrogen) atoms. The van der Waals surface area contributed by atoms with Crippen molar-refractivity contribution in [1.82, 2.24) is 10.2 Å². The Kier molecular flexibility index (Phi) is 2.26. The van der Waals surface area contributed by atoms with E-state index in [0.717, 1.165) is 27.8 Å². The Bertz CT molecular complexity index is 808. The SMILES string of the molecule is O=C1Nc2ccccc2C1Nc1cccc2cn[nH]c12. The molecule has 0 saturated carbocycles. The van der Waals surface area contributed by atoms with Crippen molar-refractivity contribution < 1.29 is 4.79 Å². The minimum absolute atomic E-state index is 0.0391. The van der Waals surface area contributed by atoms with Gasteiger partial charge in [0.15, 0.2) is 0 Å². The van der Waals surface area contributed by atoms with Crippen molar-refractivity contribution in [2.45, 2.75) is 6.04 Å². The second-order valence-electron chi connectivity index (χ2n) is 4.79. The van der Waals surface area contributed by atoms with E-state index in [2.05, 4.69) is 20.8 Å². The molecule has 1 amide bonds. The molecule has 1 aliphatic rings. The van der Waals surface area contributed by atoms with Crippen LogP contribution in [0.15, 0.2) is 48.7 Å². The molecule has 2 heterocycles. The smallest absolute Gasteiger partial charge is 0.251 e. The Morgan fingerprint density at radius 2 is 2.00 bits per heavy atom. The number of carbonyl (C=O) groups is 1. The lowest BCUT2D eigenvalue weighted by molar-refractivity contribution is -0.116. The largest absolute Gasteiger partial charge is 0.368 e. The molecule has 0 saturated heterocycles. The minimum Gasteiger partial charge on any atom is -0.368 e. The number of H-pyrrole nitrogens is 1. The summed E-state index contributed by atoms with van der Waals surface area (Å²) in [5, 5.41) is 14.2. The Morgan fingerprint density at radius 3 is 2.95 bits per heavy atom. The van der Waals surface area contributed by atoms with Gasteiger partial charge in [-0.15, -0.1) is 0 Å². The quantitative estimate of drug-likeness (QED) is 0.666. The van der Waals surface area contributed by atoms with E-state index in [-0.39, 0.29) is 11.9 Å². The zero-order chi connectivity index (χ0) is 13.5. The van der Waals surface area contributed by atoms with Gasteiger partial charge in [0.2, 0.25) is 0 Å². The first-order chi connectivity index (χ1) is 9.83. The van der Waals surface area contributed by atoms with Crippen molar-refractivity contribution in [1.29, 1.82) is 0 Å². The van der Waals surface area contributed by atoms with E-state index < -0.39 is 0 Å². The van der Waals surface area contributed by atoms with Gasteiger partial charge in [-0.25, -0.2) is 0 Å². The van der Waals surface area contributed by atoms with Crippen LogP contribution in [0.25, 0.3) is 10.9 Å². The molecular formula is C15H12N4O. The van der Waals surface area contributed by atoms with Crippen molar-refractivity contribution in [3.05, 3.63) is 54.2 Å². The van der Waals surface area contributed by atoms with Crippen molar-refractivity contribution >= 4 is 28.2 Å². The van der Waals surface area contributed by atoms with Crippen LogP contribution >= 0.6 is 0 Å². The fourth-order valence-electron chi connectivity index (χ4n) is 2.60. The topological polar surface area (TPSA) is 69.8 Å². The number of para-hydroxylation sites is 2. The number of carbonyl (C=O) groups excluding carboxylic acids is 1. The monoisotopic (exact) mass is 264 g/mol. The van der Waals surface area contributed by atoms with E-state index in [0.29, 0.717) is 0 Å². The first-order valence-corrected chi connectivity index (χ1v) is 6.41. The molecular weight excluding hydrogens is 252 g/mol. The first kappa shape index (κ1) is 11.0. The van der Waals surface area contributed by atoms with Crippen LogP contribution in [-0.2, 0) is 4.79 Å². The molecule has 0 aliphatic carbocycles. The van der Waals surface area contributed by atoms with Gasteiger partial charge < -0.3 is 10.6 Å². The number of hydrogen-bond donors (Lipinski definition) is 3. The summed E-state index contributed by atoms with van der Waals surface area (Å²) in [6.07, 6.45) is 1.77. The molecule has 1 atom stereocenters. The second-order valence-corrected chi connectivity index (χ2v) is 4.79. The molecule has 0 radical (unpaired) electrons. The Morgan fingerprint density at radius 1 is 1.10 bits per heavy atom. The van der Waals surface area contributed by atoms with Gasteiger partial charge in [-0.1, -0.05) is 30.3 Å². The van der Waals surface area contributed by atoms with Crippen molar-refractivity contribution in [2.24, 2.45) is 0 Å². The molecule has 3 N–H and O–H groups in total. The predicted molar refractivity (Wildman–Crippen MR) is 77.5 cm³/mol. The highest BCUT2D eigenvalue weighted by molar-refractivity contribution is 6.05. The maximum Gasteiger partial charge on any atom is 0.251 e. The van der Waals surface area contributed by atoms with Crippen LogP contribution in [0.1, 0.15) is 11.6 Å². The van der Waals surface area contributed by atoms with E-state index in [1.807, 2.05) is 42.5 Å². The Balaban J connectivity index is 1.76. The van der Waals surface area contributed by atoms with Gasteiger partial charge in [0.25, 0.3) is 5.91 Å². The molecule has 5 nitrogen and oxygen atoms in total. The highest BCUT2D eigenvalue weighted by Gasteiger charge is 2.30. The summed E-state index contributed by atoms with van der Waals surface area (Å²) in [6.45, 7) is 0. The second kappa shape index (κ2) is 4.09. The Labute approximate surface area is 115 Å². The summed E-state index contributed by atoms with van der Waals surface area (Å²) >= 11 is 0. The highest BCUT2D eigenvalue weighted by Crippen LogP contribution is 2.34. The number of nitrogens with zero attached hydrogens (tertiary/aromatic N) is 1. The zero-order valence-electron chi connectivity index (χ0n) is 10.6. The average Bonchev–Trinajstić information content (AvgIpc) is 3.05. The number of aromatic nitrogens is 2. The van der Waals surface area contributed by atoms with Crippen LogP contribution in [0.4, 0.5) is 11.4 Å². The van der Waals surface area contributed by atoms with Gasteiger partial charge in [0, 0.05) is 16.6 Å². The van der Waals surface area contributed by atoms with E-state index in [9.17, 15) is 4.79 Å². The van der Waals surface area contributed by atoms with Crippen molar-refractivity contribution in [2.75, 3.05) is 10.6 Å². The van der Waals surface area contributed by atoms with Gasteiger partial charge in [-0.05, 0) is 12.1 Å². The molecule has 98 valence electrons. The van der Waals surface area contributed by atoms with E-state index in [1.54, 1.807) is 6.20 Å². The molecule has 0 bridgehead atoms. The standard InChI is InChI=1S/C15H12N4O/c20-15-14(10-5-1-2-6-11(10)18-15)17-12-7-3-4-9-8-16-19-13(9)12/h1-8,14,17H,(H,16,19)(H,18,20). The average molecular weight is 264 g/mol. The summed E-state index contributed by atoms with van der Waals surface area (Å²) in [5.74, 6) is -0.0391. The van der Waals surface area contributed by atoms with Crippen LogP contribution in [0.3, 0.4) is 0 Å². The van der Waals surface area contributed by atoms with Gasteiger partial charge in [0.05, 0.1) is 17.4 Å². The fraction of sp³-hybridized carbons (Fsp3) is 0.0667. The summed E-state index contributed by atoms with van der Waals surface area (Å²) in [7, 11) is 0. The molecule has 5 heteroatoms. The predicted octanol–water partition coefficient (Wildman–Crippen LogP) is 2.67. The zero-order valence-corrected chi connectivity index (χ0v) is 10.6. The normalized spacial score (nSPS) is 17.0. The van der Waals surface area contributed by atoms with Gasteiger partial charge in [-0.2, -0.15) is 5.10 Å². The number of amides is 1. The van der Waals surface area contributed by atoms with E-state index in [1.165, 1.54) is 0 Å². The number of fused-ring (bicyclic) bond motifs is 2. The number of hydrogen-bond acceptors (Lipinski definition) is 3. The number of aromatic amines is 1. The van der Waals surface area contributed by atoms with Crippen LogP contribution in [0.2, 0.25) is 0 Å². The molecule has 3 aromatic rings. The molecule has 0 fully saturated rings. The van der Waals surface area contributed by atoms with Crippen molar-refractivity contribution in [3.63, 3.8) is 0 Å². The number of benzene rings is 2. The number of nitrogens with one attached hydrogen (secondary N) is 3. The lowest BCUT2D eigenvalue weighted by Crippen LogP contribution is -2.19. The van der Waals surface area contributed by atoms with E-state index >= 15 is 0 Å². The molecule has 1 aromatic heterocycles. The Hall–Kier alpha value is -2.82. The summed E-state index contributed by atoms with van der Waals surface area (Å²) in [5.41, 5.74) is 3.61. The van der Waals surface area contributed by atoms with Crippen LogP contribution < -0.4 is 10.6 Å². The van der Waals surface area contributed by atoms with Gasteiger partial charge in [0.1, 0.15) is 6.04 Å².